The monoisotopic (exact) mass is 264 g/mol. The molecule has 0 spiro atoms. The number of piperidine rings is 2. The Kier molecular flexibility index (Phi) is 4.45. The van der Waals surface area contributed by atoms with Gasteiger partial charge in [-0.3, -0.25) is 0 Å². The van der Waals surface area contributed by atoms with E-state index in [-0.39, 0.29) is 0 Å². The summed E-state index contributed by atoms with van der Waals surface area (Å²) in [5, 5.41) is 7.60. The molecule has 0 aliphatic carbocycles. The van der Waals surface area contributed by atoms with Crippen molar-refractivity contribution >= 4 is 0 Å². The minimum atomic E-state index is 0.307. The van der Waals surface area contributed by atoms with Crippen LogP contribution in [0.1, 0.15) is 56.3 Å². The first-order chi connectivity index (χ1) is 9.42. The zero-order chi connectivity index (χ0) is 12.9. The second-order valence-corrected chi connectivity index (χ2v) is 5.70. The van der Waals surface area contributed by atoms with Crippen LogP contribution < -0.4 is 5.32 Å². The van der Waals surface area contributed by atoms with Crippen molar-refractivity contribution in [3.05, 3.63) is 11.7 Å². The summed E-state index contributed by atoms with van der Waals surface area (Å²) >= 11 is 0. The molecule has 3 rings (SSSR count). The van der Waals surface area contributed by atoms with Gasteiger partial charge >= 0.3 is 0 Å². The highest BCUT2D eigenvalue weighted by molar-refractivity contribution is 4.96. The highest BCUT2D eigenvalue weighted by Crippen LogP contribution is 2.20. The molecule has 1 atom stereocenters. The SMILES string of the molecule is C1CCN(CCc2nc(C3CCCCN3)no2)CC1. The van der Waals surface area contributed by atoms with Crippen LogP contribution in [0.5, 0.6) is 0 Å². The third-order valence-electron chi connectivity index (χ3n) is 4.20. The van der Waals surface area contributed by atoms with E-state index >= 15 is 0 Å². The van der Waals surface area contributed by atoms with Gasteiger partial charge in [-0.25, -0.2) is 0 Å². The minimum Gasteiger partial charge on any atom is -0.339 e. The molecule has 106 valence electrons. The Balaban J connectivity index is 1.49. The average Bonchev–Trinajstić information content (AvgIpc) is 2.96. The van der Waals surface area contributed by atoms with Crippen LogP contribution in [0.3, 0.4) is 0 Å². The van der Waals surface area contributed by atoms with Gasteiger partial charge in [0.1, 0.15) is 0 Å². The van der Waals surface area contributed by atoms with Gasteiger partial charge in [0, 0.05) is 13.0 Å². The zero-order valence-electron chi connectivity index (χ0n) is 11.6. The number of nitrogens with one attached hydrogen (secondary N) is 1. The molecule has 3 heterocycles. The molecule has 0 radical (unpaired) electrons. The standard InChI is InChI=1S/C14H24N4O/c1-4-9-18(10-5-1)11-7-13-16-14(17-19-13)12-6-2-3-8-15-12/h12,15H,1-11H2. The molecule has 0 amide bonds. The Bertz CT molecular complexity index is 381. The van der Waals surface area contributed by atoms with Crippen LogP contribution in [0.15, 0.2) is 4.52 Å². The number of hydrogen-bond acceptors (Lipinski definition) is 5. The van der Waals surface area contributed by atoms with E-state index < -0.39 is 0 Å². The fourth-order valence-corrected chi connectivity index (χ4v) is 3.02. The minimum absolute atomic E-state index is 0.307. The van der Waals surface area contributed by atoms with Gasteiger partial charge in [0.15, 0.2) is 5.82 Å². The highest BCUT2D eigenvalue weighted by atomic mass is 16.5. The Morgan fingerprint density at radius 1 is 1.16 bits per heavy atom. The molecule has 5 heteroatoms. The largest absolute Gasteiger partial charge is 0.339 e. The quantitative estimate of drug-likeness (QED) is 0.900. The van der Waals surface area contributed by atoms with Crippen molar-refractivity contribution in [1.82, 2.24) is 20.4 Å². The zero-order valence-corrected chi connectivity index (χ0v) is 11.6. The molecule has 0 saturated carbocycles. The predicted molar refractivity (Wildman–Crippen MR) is 72.9 cm³/mol. The first kappa shape index (κ1) is 13.1. The van der Waals surface area contributed by atoms with E-state index in [1.165, 1.54) is 45.2 Å². The molecule has 2 aliphatic heterocycles. The summed E-state index contributed by atoms with van der Waals surface area (Å²) in [5.41, 5.74) is 0. The van der Waals surface area contributed by atoms with Gasteiger partial charge < -0.3 is 14.7 Å². The Morgan fingerprint density at radius 3 is 2.84 bits per heavy atom. The van der Waals surface area contributed by atoms with Crippen LogP contribution in [0.4, 0.5) is 0 Å². The van der Waals surface area contributed by atoms with Gasteiger partial charge in [-0.15, -0.1) is 0 Å². The van der Waals surface area contributed by atoms with Crippen LogP contribution in [0, 0.1) is 0 Å². The third-order valence-corrected chi connectivity index (χ3v) is 4.20. The van der Waals surface area contributed by atoms with Crippen molar-refractivity contribution in [2.75, 3.05) is 26.2 Å². The molecule has 1 unspecified atom stereocenters. The maximum Gasteiger partial charge on any atom is 0.227 e. The lowest BCUT2D eigenvalue weighted by Crippen LogP contribution is -2.31. The van der Waals surface area contributed by atoms with Gasteiger partial charge in [0.25, 0.3) is 0 Å². The van der Waals surface area contributed by atoms with E-state index in [4.69, 9.17) is 4.52 Å². The van der Waals surface area contributed by atoms with E-state index in [9.17, 15) is 0 Å². The van der Waals surface area contributed by atoms with Crippen LogP contribution in [0.25, 0.3) is 0 Å². The second-order valence-electron chi connectivity index (χ2n) is 5.70. The number of rotatable bonds is 4. The predicted octanol–water partition coefficient (Wildman–Crippen LogP) is 1.91. The van der Waals surface area contributed by atoms with Gasteiger partial charge in [0.05, 0.1) is 6.04 Å². The first-order valence-corrected chi connectivity index (χ1v) is 7.70. The molecule has 1 aromatic rings. The molecule has 0 bridgehead atoms. The van der Waals surface area contributed by atoms with Crippen LogP contribution in [-0.4, -0.2) is 41.2 Å². The lowest BCUT2D eigenvalue weighted by Gasteiger charge is -2.25. The lowest BCUT2D eigenvalue weighted by atomic mass is 10.0. The van der Waals surface area contributed by atoms with Crippen LogP contribution in [0.2, 0.25) is 0 Å². The van der Waals surface area contributed by atoms with E-state index in [1.807, 2.05) is 0 Å². The summed E-state index contributed by atoms with van der Waals surface area (Å²) in [6, 6.07) is 0.307. The van der Waals surface area contributed by atoms with Crippen molar-refractivity contribution in [1.29, 1.82) is 0 Å². The Hall–Kier alpha value is -0.940. The topological polar surface area (TPSA) is 54.2 Å². The van der Waals surface area contributed by atoms with Gasteiger partial charge in [-0.2, -0.15) is 4.98 Å². The number of hydrogen-bond donors (Lipinski definition) is 1. The first-order valence-electron chi connectivity index (χ1n) is 7.70. The summed E-state index contributed by atoms with van der Waals surface area (Å²) in [6.45, 7) is 4.58. The molecule has 1 N–H and O–H groups in total. The molecular formula is C14H24N4O. The maximum atomic E-state index is 5.38. The van der Waals surface area contributed by atoms with Gasteiger partial charge in [-0.1, -0.05) is 18.0 Å². The summed E-state index contributed by atoms with van der Waals surface area (Å²) in [7, 11) is 0. The Labute approximate surface area is 114 Å². The summed E-state index contributed by atoms with van der Waals surface area (Å²) < 4.78 is 5.38. The van der Waals surface area contributed by atoms with Crippen molar-refractivity contribution in [3.8, 4) is 0 Å². The summed E-state index contributed by atoms with van der Waals surface area (Å²) in [4.78, 5) is 7.06. The number of nitrogens with zero attached hydrogens (tertiary/aromatic N) is 3. The molecule has 2 fully saturated rings. The van der Waals surface area contributed by atoms with Crippen LogP contribution in [-0.2, 0) is 6.42 Å². The summed E-state index contributed by atoms with van der Waals surface area (Å²) in [6.07, 6.45) is 8.59. The van der Waals surface area contributed by atoms with Crippen LogP contribution >= 0.6 is 0 Å². The van der Waals surface area contributed by atoms with E-state index in [1.54, 1.807) is 0 Å². The van der Waals surface area contributed by atoms with Crippen molar-refractivity contribution in [2.45, 2.75) is 51.0 Å². The van der Waals surface area contributed by atoms with Crippen molar-refractivity contribution in [3.63, 3.8) is 0 Å². The molecule has 5 nitrogen and oxygen atoms in total. The van der Waals surface area contributed by atoms with E-state index in [0.717, 1.165) is 37.6 Å². The molecular weight excluding hydrogens is 240 g/mol. The third kappa shape index (κ3) is 3.54. The summed E-state index contributed by atoms with van der Waals surface area (Å²) in [5.74, 6) is 1.65. The smallest absolute Gasteiger partial charge is 0.227 e. The molecule has 0 aromatic carbocycles. The highest BCUT2D eigenvalue weighted by Gasteiger charge is 2.20. The van der Waals surface area contributed by atoms with Gasteiger partial charge in [0.2, 0.25) is 5.89 Å². The molecule has 2 aliphatic rings. The van der Waals surface area contributed by atoms with E-state index in [2.05, 4.69) is 20.4 Å². The number of aromatic nitrogens is 2. The van der Waals surface area contributed by atoms with Crippen molar-refractivity contribution in [2.24, 2.45) is 0 Å². The Morgan fingerprint density at radius 2 is 2.05 bits per heavy atom. The second kappa shape index (κ2) is 6.48. The number of likely N-dealkylation sites (tertiary alicyclic amines) is 1. The molecule has 1 aromatic heterocycles. The average molecular weight is 264 g/mol. The normalized spacial score (nSPS) is 25.6. The molecule has 19 heavy (non-hydrogen) atoms. The van der Waals surface area contributed by atoms with Crippen molar-refractivity contribution < 1.29 is 4.52 Å². The fourth-order valence-electron chi connectivity index (χ4n) is 3.02. The lowest BCUT2D eigenvalue weighted by molar-refractivity contribution is 0.223. The van der Waals surface area contributed by atoms with E-state index in [0.29, 0.717) is 6.04 Å². The molecule has 2 saturated heterocycles. The fraction of sp³-hybridized carbons (Fsp3) is 0.857. The van der Waals surface area contributed by atoms with Gasteiger partial charge in [-0.05, 0) is 45.3 Å². The maximum absolute atomic E-state index is 5.38.